The van der Waals surface area contributed by atoms with Gasteiger partial charge in [0, 0.05) is 0 Å². The molecular formula is C34H52O2. The molecule has 0 aliphatic heterocycles. The minimum absolute atomic E-state index is 0.101. The predicted octanol–water partition coefficient (Wildman–Crippen LogP) is 9.33. The van der Waals surface area contributed by atoms with E-state index in [4.69, 9.17) is 4.74 Å². The number of hydrogen-bond donors (Lipinski definition) is 0. The molecule has 9 atom stereocenters. The number of hydrogen-bond acceptors (Lipinski definition) is 2. The van der Waals surface area contributed by atoms with Crippen molar-refractivity contribution in [3.8, 4) is 0 Å². The largest absolute Gasteiger partial charge is 0.459 e. The number of benzene rings is 1. The van der Waals surface area contributed by atoms with E-state index in [2.05, 4.69) is 34.6 Å². The highest BCUT2D eigenvalue weighted by Gasteiger charge is 2.60. The third kappa shape index (κ3) is 4.80. The van der Waals surface area contributed by atoms with E-state index in [-0.39, 0.29) is 12.1 Å². The van der Waals surface area contributed by atoms with Crippen molar-refractivity contribution in [3.05, 3.63) is 35.9 Å². The lowest BCUT2D eigenvalue weighted by molar-refractivity contribution is -0.130. The van der Waals surface area contributed by atoms with Crippen LogP contribution in [0.5, 0.6) is 0 Å². The second-order valence-electron chi connectivity index (χ2n) is 14.4. The summed E-state index contributed by atoms with van der Waals surface area (Å²) in [5.74, 6) is 6.01. The Bertz CT molecular complexity index is 892. The molecule has 0 aromatic heterocycles. The summed E-state index contributed by atoms with van der Waals surface area (Å²) < 4.78 is 6.04. The van der Waals surface area contributed by atoms with Crippen LogP contribution in [-0.2, 0) is 4.74 Å². The Morgan fingerprint density at radius 2 is 1.61 bits per heavy atom. The highest BCUT2D eigenvalue weighted by molar-refractivity contribution is 5.89. The average Bonchev–Trinajstić information content (AvgIpc) is 3.22. The number of ether oxygens (including phenoxy) is 1. The molecule has 0 amide bonds. The van der Waals surface area contributed by atoms with Gasteiger partial charge in [0.2, 0.25) is 0 Å². The second-order valence-corrected chi connectivity index (χ2v) is 14.4. The van der Waals surface area contributed by atoms with E-state index in [9.17, 15) is 4.79 Å². The Morgan fingerprint density at radius 1 is 0.889 bits per heavy atom. The van der Waals surface area contributed by atoms with Crippen LogP contribution in [0.1, 0.15) is 122 Å². The molecular weight excluding hydrogens is 440 g/mol. The fourth-order valence-corrected chi connectivity index (χ4v) is 10.1. The third-order valence-electron chi connectivity index (χ3n) is 12.1. The van der Waals surface area contributed by atoms with Gasteiger partial charge in [-0.3, -0.25) is 0 Å². The highest BCUT2D eigenvalue weighted by Crippen LogP contribution is 2.68. The number of rotatable bonds is 7. The van der Waals surface area contributed by atoms with E-state index in [1.54, 1.807) is 0 Å². The maximum atomic E-state index is 12.7. The first-order valence-corrected chi connectivity index (χ1v) is 15.5. The van der Waals surface area contributed by atoms with E-state index in [0.29, 0.717) is 16.4 Å². The fraction of sp³-hybridized carbons (Fsp3) is 0.794. The minimum atomic E-state index is -0.133. The van der Waals surface area contributed by atoms with Crippen molar-refractivity contribution in [2.45, 2.75) is 118 Å². The van der Waals surface area contributed by atoms with Crippen molar-refractivity contribution < 1.29 is 9.53 Å². The maximum absolute atomic E-state index is 12.7. The molecule has 4 aliphatic rings. The number of esters is 1. The molecule has 1 aromatic rings. The highest BCUT2D eigenvalue weighted by atomic mass is 16.5. The zero-order valence-electron chi connectivity index (χ0n) is 23.8. The second kappa shape index (κ2) is 10.5. The topological polar surface area (TPSA) is 26.3 Å². The monoisotopic (exact) mass is 492 g/mol. The van der Waals surface area contributed by atoms with Gasteiger partial charge in [-0.2, -0.15) is 0 Å². The zero-order valence-corrected chi connectivity index (χ0v) is 23.8. The van der Waals surface area contributed by atoms with Crippen LogP contribution in [0.4, 0.5) is 0 Å². The maximum Gasteiger partial charge on any atom is 0.338 e. The molecule has 36 heavy (non-hydrogen) atoms. The van der Waals surface area contributed by atoms with E-state index in [0.717, 1.165) is 54.3 Å². The van der Waals surface area contributed by atoms with Gasteiger partial charge in [0.05, 0.1) is 5.56 Å². The van der Waals surface area contributed by atoms with Crippen LogP contribution >= 0.6 is 0 Å². The van der Waals surface area contributed by atoms with Crippen LogP contribution in [0.2, 0.25) is 0 Å². The normalized spacial score (nSPS) is 40.7. The molecule has 0 heterocycles. The van der Waals surface area contributed by atoms with Gasteiger partial charge >= 0.3 is 5.97 Å². The summed E-state index contributed by atoms with van der Waals surface area (Å²) in [6.45, 7) is 12.7. The standard InChI is InChI=1S/C34H52O2/c1-23(2)10-9-11-24(3)29-16-17-30-28-15-14-26-22-27(36-32(35)25-12-7-6-8-13-25)18-20-33(26,4)31(28)19-21-34(29,30)5/h6-8,12-13,23-24,26-31H,9-11,14-22H2,1-5H3/t24-,26-,27-,28+,29-,30+,31+,33-,34-/m0/s1. The van der Waals surface area contributed by atoms with Gasteiger partial charge in [-0.05, 0) is 122 Å². The van der Waals surface area contributed by atoms with Crippen molar-refractivity contribution in [1.29, 1.82) is 0 Å². The lowest BCUT2D eigenvalue weighted by Crippen LogP contribution is -2.54. The Kier molecular flexibility index (Phi) is 7.64. The zero-order chi connectivity index (χ0) is 25.5. The Morgan fingerprint density at radius 3 is 2.36 bits per heavy atom. The van der Waals surface area contributed by atoms with Gasteiger partial charge in [-0.1, -0.05) is 72.1 Å². The Balaban J connectivity index is 1.22. The Hall–Kier alpha value is -1.31. The van der Waals surface area contributed by atoms with Crippen molar-refractivity contribution in [2.75, 3.05) is 0 Å². The molecule has 4 aliphatic carbocycles. The van der Waals surface area contributed by atoms with Gasteiger partial charge in [0.1, 0.15) is 6.10 Å². The summed E-state index contributed by atoms with van der Waals surface area (Å²) in [5, 5.41) is 0. The summed E-state index contributed by atoms with van der Waals surface area (Å²) in [6.07, 6.45) is 16.3. The SMILES string of the molecule is CC(C)CCC[C@H](C)[C@@H]1CC[C@@H]2[C@H]3CC[C@H]4C[C@@H](OC(=O)c5ccccc5)CC[C@]4(C)[C@@H]3CC[C@]21C. The van der Waals surface area contributed by atoms with Gasteiger partial charge in [-0.25, -0.2) is 4.79 Å². The smallest absolute Gasteiger partial charge is 0.338 e. The average molecular weight is 493 g/mol. The van der Waals surface area contributed by atoms with Crippen LogP contribution in [-0.4, -0.2) is 12.1 Å². The molecule has 5 rings (SSSR count). The van der Waals surface area contributed by atoms with Crippen LogP contribution < -0.4 is 0 Å². The third-order valence-corrected chi connectivity index (χ3v) is 12.1. The molecule has 4 saturated carbocycles. The van der Waals surface area contributed by atoms with Gasteiger partial charge < -0.3 is 4.74 Å². The Labute approximate surface area is 221 Å². The lowest BCUT2D eigenvalue weighted by Gasteiger charge is -2.61. The fourth-order valence-electron chi connectivity index (χ4n) is 10.1. The van der Waals surface area contributed by atoms with E-state index >= 15 is 0 Å². The van der Waals surface area contributed by atoms with Crippen molar-refractivity contribution in [1.82, 2.24) is 0 Å². The molecule has 0 N–H and O–H groups in total. The molecule has 1 aromatic carbocycles. The first kappa shape index (κ1) is 26.3. The van der Waals surface area contributed by atoms with Crippen LogP contribution in [0, 0.1) is 52.3 Å². The summed E-state index contributed by atoms with van der Waals surface area (Å²) >= 11 is 0. The van der Waals surface area contributed by atoms with Crippen molar-refractivity contribution in [3.63, 3.8) is 0 Å². The minimum Gasteiger partial charge on any atom is -0.459 e. The summed E-state index contributed by atoms with van der Waals surface area (Å²) in [4.78, 5) is 12.7. The van der Waals surface area contributed by atoms with Gasteiger partial charge in [0.25, 0.3) is 0 Å². The molecule has 0 saturated heterocycles. The number of carbonyl (C=O) groups is 1. The molecule has 2 nitrogen and oxygen atoms in total. The van der Waals surface area contributed by atoms with Gasteiger partial charge in [0.15, 0.2) is 0 Å². The molecule has 2 heteroatoms. The number of carbonyl (C=O) groups excluding carboxylic acids is 1. The molecule has 200 valence electrons. The summed E-state index contributed by atoms with van der Waals surface area (Å²) in [5.41, 5.74) is 1.71. The van der Waals surface area contributed by atoms with E-state index < -0.39 is 0 Å². The molecule has 0 spiro atoms. The van der Waals surface area contributed by atoms with E-state index in [1.807, 2.05) is 30.3 Å². The van der Waals surface area contributed by atoms with Crippen LogP contribution in [0.3, 0.4) is 0 Å². The molecule has 0 bridgehead atoms. The first-order valence-electron chi connectivity index (χ1n) is 15.5. The summed E-state index contributed by atoms with van der Waals surface area (Å²) in [6, 6.07) is 9.55. The first-order chi connectivity index (χ1) is 17.2. The number of fused-ring (bicyclic) bond motifs is 5. The predicted molar refractivity (Wildman–Crippen MR) is 149 cm³/mol. The molecule has 4 fully saturated rings. The summed E-state index contributed by atoms with van der Waals surface area (Å²) in [7, 11) is 0. The van der Waals surface area contributed by atoms with Crippen LogP contribution in [0.25, 0.3) is 0 Å². The van der Waals surface area contributed by atoms with E-state index in [1.165, 1.54) is 64.2 Å². The van der Waals surface area contributed by atoms with Crippen molar-refractivity contribution >= 4 is 5.97 Å². The van der Waals surface area contributed by atoms with Crippen LogP contribution in [0.15, 0.2) is 30.3 Å². The lowest BCUT2D eigenvalue weighted by atomic mass is 9.44. The van der Waals surface area contributed by atoms with Gasteiger partial charge in [-0.15, -0.1) is 0 Å². The quantitative estimate of drug-likeness (QED) is 0.354. The molecule has 0 unspecified atom stereocenters. The molecule has 0 radical (unpaired) electrons. The van der Waals surface area contributed by atoms with Crippen molar-refractivity contribution in [2.24, 2.45) is 52.3 Å².